The Bertz CT molecular complexity index is 216. The summed E-state index contributed by atoms with van der Waals surface area (Å²) >= 11 is 0. The van der Waals surface area contributed by atoms with Crippen molar-refractivity contribution in [2.45, 2.75) is 0 Å². The number of carboxylic acids is 1. The molecule has 13 heavy (non-hydrogen) atoms. The van der Waals surface area contributed by atoms with Crippen molar-refractivity contribution in [2.75, 3.05) is 39.3 Å². The molecule has 1 N–H and O–H groups in total. The first kappa shape index (κ1) is 9.96. The molecule has 1 aliphatic heterocycles. The maximum Gasteiger partial charge on any atom is 0.317 e. The number of nitriles is 1. The molecular formula is C8H13N3O2. The van der Waals surface area contributed by atoms with Crippen LogP contribution in [0.3, 0.4) is 0 Å². The van der Waals surface area contributed by atoms with Gasteiger partial charge in [-0.3, -0.25) is 14.6 Å². The lowest BCUT2D eigenvalue weighted by Crippen LogP contribution is -2.47. The van der Waals surface area contributed by atoms with Crippen molar-refractivity contribution in [1.82, 2.24) is 9.80 Å². The quantitative estimate of drug-likeness (QED) is 0.581. The molecule has 0 spiro atoms. The van der Waals surface area contributed by atoms with E-state index in [2.05, 4.69) is 6.07 Å². The molecule has 0 atom stereocenters. The molecule has 72 valence electrons. The smallest absolute Gasteiger partial charge is 0.317 e. The van der Waals surface area contributed by atoms with Gasteiger partial charge < -0.3 is 5.11 Å². The zero-order chi connectivity index (χ0) is 9.68. The van der Waals surface area contributed by atoms with Crippen LogP contribution in [0, 0.1) is 11.3 Å². The van der Waals surface area contributed by atoms with Gasteiger partial charge in [0.05, 0.1) is 19.2 Å². The number of nitrogens with zero attached hydrogens (tertiary/aromatic N) is 3. The first-order valence-corrected chi connectivity index (χ1v) is 4.26. The molecule has 1 fully saturated rings. The van der Waals surface area contributed by atoms with Crippen LogP contribution < -0.4 is 0 Å². The highest BCUT2D eigenvalue weighted by molar-refractivity contribution is 5.69. The van der Waals surface area contributed by atoms with E-state index in [4.69, 9.17) is 10.4 Å². The maximum atomic E-state index is 10.4. The summed E-state index contributed by atoms with van der Waals surface area (Å²) in [5.74, 6) is -0.784. The highest BCUT2D eigenvalue weighted by Crippen LogP contribution is 1.99. The first-order chi connectivity index (χ1) is 6.22. The van der Waals surface area contributed by atoms with E-state index in [-0.39, 0.29) is 6.54 Å². The Morgan fingerprint density at radius 3 is 2.31 bits per heavy atom. The van der Waals surface area contributed by atoms with Gasteiger partial charge in [-0.15, -0.1) is 0 Å². The van der Waals surface area contributed by atoms with Crippen LogP contribution in [0.1, 0.15) is 0 Å². The van der Waals surface area contributed by atoms with E-state index in [1.807, 2.05) is 9.80 Å². The highest BCUT2D eigenvalue weighted by Gasteiger charge is 2.17. The first-order valence-electron chi connectivity index (χ1n) is 4.26. The standard InChI is InChI=1S/C8H13N3O2/c9-1-2-10-3-5-11(6-4-10)7-8(12)13/h2-7H2,(H,12,13). The van der Waals surface area contributed by atoms with Crippen LogP contribution in [-0.4, -0.2) is 60.1 Å². The molecule has 0 aromatic carbocycles. The van der Waals surface area contributed by atoms with Gasteiger partial charge in [0, 0.05) is 26.2 Å². The zero-order valence-electron chi connectivity index (χ0n) is 7.44. The van der Waals surface area contributed by atoms with Crippen LogP contribution >= 0.6 is 0 Å². The summed E-state index contributed by atoms with van der Waals surface area (Å²) in [6.45, 7) is 3.63. The van der Waals surface area contributed by atoms with Crippen LogP contribution in [0.5, 0.6) is 0 Å². The van der Waals surface area contributed by atoms with Gasteiger partial charge in [0.1, 0.15) is 0 Å². The van der Waals surface area contributed by atoms with Crippen LogP contribution in [0.4, 0.5) is 0 Å². The number of rotatable bonds is 3. The van der Waals surface area contributed by atoms with Crippen molar-refractivity contribution in [3.8, 4) is 6.07 Å². The Hall–Kier alpha value is -1.12. The van der Waals surface area contributed by atoms with E-state index in [1.54, 1.807) is 0 Å². The van der Waals surface area contributed by atoms with Gasteiger partial charge >= 0.3 is 5.97 Å². The van der Waals surface area contributed by atoms with Crippen LogP contribution in [-0.2, 0) is 4.79 Å². The zero-order valence-corrected chi connectivity index (χ0v) is 7.44. The fourth-order valence-corrected chi connectivity index (χ4v) is 1.40. The minimum absolute atomic E-state index is 0.112. The summed E-state index contributed by atoms with van der Waals surface area (Å²) in [4.78, 5) is 14.3. The van der Waals surface area contributed by atoms with Crippen molar-refractivity contribution in [3.63, 3.8) is 0 Å². The minimum Gasteiger partial charge on any atom is -0.480 e. The van der Waals surface area contributed by atoms with Gasteiger partial charge in [-0.05, 0) is 0 Å². The van der Waals surface area contributed by atoms with E-state index >= 15 is 0 Å². The minimum atomic E-state index is -0.784. The molecule has 0 aliphatic carbocycles. The lowest BCUT2D eigenvalue weighted by Gasteiger charge is -2.32. The summed E-state index contributed by atoms with van der Waals surface area (Å²) < 4.78 is 0. The van der Waals surface area contributed by atoms with Gasteiger partial charge in [0.2, 0.25) is 0 Å². The number of aliphatic carboxylic acids is 1. The van der Waals surface area contributed by atoms with Gasteiger partial charge in [-0.25, -0.2) is 0 Å². The monoisotopic (exact) mass is 183 g/mol. The average molecular weight is 183 g/mol. The molecule has 1 rings (SSSR count). The molecular weight excluding hydrogens is 170 g/mol. The SMILES string of the molecule is N#CCN1CCN(CC(=O)O)CC1. The number of carbonyl (C=O) groups is 1. The van der Waals surface area contributed by atoms with Gasteiger partial charge in [-0.2, -0.15) is 5.26 Å². The molecule has 1 aliphatic rings. The average Bonchev–Trinajstić information content (AvgIpc) is 2.08. The van der Waals surface area contributed by atoms with Crippen molar-refractivity contribution >= 4 is 5.97 Å². The number of piperazine rings is 1. The summed E-state index contributed by atoms with van der Waals surface area (Å²) in [6.07, 6.45) is 0. The third-order valence-electron chi connectivity index (χ3n) is 2.12. The van der Waals surface area contributed by atoms with Crippen molar-refractivity contribution in [1.29, 1.82) is 5.26 Å². The number of carboxylic acid groups (broad SMARTS) is 1. The van der Waals surface area contributed by atoms with E-state index in [9.17, 15) is 4.79 Å². The molecule has 0 aromatic heterocycles. The maximum absolute atomic E-state index is 10.4. The fraction of sp³-hybridized carbons (Fsp3) is 0.750. The van der Waals surface area contributed by atoms with E-state index in [1.165, 1.54) is 0 Å². The summed E-state index contributed by atoms with van der Waals surface area (Å²) in [7, 11) is 0. The third kappa shape index (κ3) is 3.40. The summed E-state index contributed by atoms with van der Waals surface area (Å²) in [6, 6.07) is 2.08. The molecule has 0 unspecified atom stereocenters. The van der Waals surface area contributed by atoms with E-state index < -0.39 is 5.97 Å². The van der Waals surface area contributed by atoms with Gasteiger partial charge in [0.15, 0.2) is 0 Å². The second-order valence-electron chi connectivity index (χ2n) is 3.10. The van der Waals surface area contributed by atoms with E-state index in [0.29, 0.717) is 6.54 Å². The Kier molecular flexibility index (Phi) is 3.68. The van der Waals surface area contributed by atoms with Crippen molar-refractivity contribution in [3.05, 3.63) is 0 Å². The lowest BCUT2D eigenvalue weighted by molar-refractivity contribution is -0.138. The Balaban J connectivity index is 2.23. The Morgan fingerprint density at radius 1 is 1.31 bits per heavy atom. The highest BCUT2D eigenvalue weighted by atomic mass is 16.4. The van der Waals surface area contributed by atoms with Crippen LogP contribution in [0.15, 0.2) is 0 Å². The Morgan fingerprint density at radius 2 is 1.85 bits per heavy atom. The predicted octanol–water partition coefficient (Wildman–Crippen LogP) is -0.788. The second-order valence-corrected chi connectivity index (χ2v) is 3.10. The lowest BCUT2D eigenvalue weighted by atomic mass is 10.3. The molecule has 1 saturated heterocycles. The predicted molar refractivity (Wildman–Crippen MR) is 46.1 cm³/mol. The van der Waals surface area contributed by atoms with Crippen molar-refractivity contribution < 1.29 is 9.90 Å². The molecule has 0 aromatic rings. The van der Waals surface area contributed by atoms with Crippen LogP contribution in [0.2, 0.25) is 0 Å². The van der Waals surface area contributed by atoms with Crippen molar-refractivity contribution in [2.24, 2.45) is 0 Å². The molecule has 0 bridgehead atoms. The third-order valence-corrected chi connectivity index (χ3v) is 2.12. The number of hydrogen-bond acceptors (Lipinski definition) is 4. The molecule has 0 radical (unpaired) electrons. The topological polar surface area (TPSA) is 67.6 Å². The molecule has 5 nitrogen and oxygen atoms in total. The summed E-state index contributed by atoms with van der Waals surface area (Å²) in [5, 5.41) is 17.0. The Labute approximate surface area is 77.2 Å². The van der Waals surface area contributed by atoms with E-state index in [0.717, 1.165) is 26.2 Å². The molecule has 0 amide bonds. The number of hydrogen-bond donors (Lipinski definition) is 1. The molecule has 0 saturated carbocycles. The largest absolute Gasteiger partial charge is 0.480 e. The fourth-order valence-electron chi connectivity index (χ4n) is 1.40. The normalized spacial score (nSPS) is 19.6. The molecule has 1 heterocycles. The van der Waals surface area contributed by atoms with Crippen LogP contribution in [0.25, 0.3) is 0 Å². The van der Waals surface area contributed by atoms with Gasteiger partial charge in [0.25, 0.3) is 0 Å². The van der Waals surface area contributed by atoms with Gasteiger partial charge in [-0.1, -0.05) is 0 Å². The molecule has 5 heteroatoms. The second kappa shape index (κ2) is 4.80. The summed E-state index contributed by atoms with van der Waals surface area (Å²) in [5.41, 5.74) is 0.